The van der Waals surface area contributed by atoms with Gasteiger partial charge in [0.15, 0.2) is 0 Å². The minimum absolute atomic E-state index is 1.14. The van der Waals surface area contributed by atoms with Gasteiger partial charge < -0.3 is 0 Å². The molecule has 0 unspecified atom stereocenters. The summed E-state index contributed by atoms with van der Waals surface area (Å²) in [7, 11) is 7.96. The van der Waals surface area contributed by atoms with E-state index >= 15 is 0 Å². The Morgan fingerprint density at radius 2 is 1.43 bits per heavy atom. The fourth-order valence-corrected chi connectivity index (χ4v) is 1.97. The van der Waals surface area contributed by atoms with Crippen molar-refractivity contribution in [2.75, 3.05) is 0 Å². The molecular formula is C4H8Si3. The van der Waals surface area contributed by atoms with E-state index in [-0.39, 0.29) is 0 Å². The van der Waals surface area contributed by atoms with E-state index in [9.17, 15) is 0 Å². The van der Waals surface area contributed by atoms with Crippen molar-refractivity contribution in [3.05, 3.63) is 0 Å². The zero-order valence-corrected chi connectivity index (χ0v) is 7.33. The molecule has 0 heterocycles. The highest BCUT2D eigenvalue weighted by Gasteiger charge is 1.82. The fraction of sp³-hybridized carbons (Fsp3) is 1.00. The Morgan fingerprint density at radius 3 is 1.71 bits per heavy atom. The van der Waals surface area contributed by atoms with Crippen LogP contribution in [0, 0.1) is 0 Å². The van der Waals surface area contributed by atoms with Crippen LogP contribution in [0.5, 0.6) is 0 Å². The predicted octanol–water partition coefficient (Wildman–Crippen LogP) is 0.701. The molecule has 0 saturated carbocycles. The Balaban J connectivity index is 2.45. The summed E-state index contributed by atoms with van der Waals surface area (Å²) >= 11 is 0. The first-order chi connectivity index (χ1) is 3.41. The molecule has 3 heteroatoms. The normalized spacial score (nSPS) is 9.43. The van der Waals surface area contributed by atoms with E-state index in [0.29, 0.717) is 0 Å². The van der Waals surface area contributed by atoms with Crippen molar-refractivity contribution in [2.24, 2.45) is 0 Å². The van der Waals surface area contributed by atoms with Gasteiger partial charge in [-0.15, -0.1) is 0 Å². The van der Waals surface area contributed by atoms with Crippen LogP contribution in [-0.4, -0.2) is 30.0 Å². The summed E-state index contributed by atoms with van der Waals surface area (Å²) < 4.78 is 0. The maximum absolute atomic E-state index is 3.41. The molecule has 0 bridgehead atoms. The van der Waals surface area contributed by atoms with Crippen LogP contribution < -0.4 is 0 Å². The van der Waals surface area contributed by atoms with Crippen molar-refractivity contribution >= 4 is 30.0 Å². The lowest BCUT2D eigenvalue weighted by atomic mass is 10.9. The van der Waals surface area contributed by atoms with Gasteiger partial charge in [0.05, 0.1) is 0 Å². The maximum Gasteiger partial charge on any atom is 0.0371 e. The van der Waals surface area contributed by atoms with Crippen molar-refractivity contribution in [3.8, 4) is 0 Å². The Kier molecular flexibility index (Phi) is 7.27. The van der Waals surface area contributed by atoms with Gasteiger partial charge in [0.2, 0.25) is 0 Å². The smallest absolute Gasteiger partial charge is 0.0371 e. The van der Waals surface area contributed by atoms with Crippen LogP contribution in [0.15, 0.2) is 0 Å². The summed E-state index contributed by atoms with van der Waals surface area (Å²) in [5.74, 6) is 0. The van der Waals surface area contributed by atoms with Gasteiger partial charge in [0.1, 0.15) is 0 Å². The van der Waals surface area contributed by atoms with Crippen LogP contribution >= 0.6 is 0 Å². The topological polar surface area (TPSA) is 0 Å². The minimum atomic E-state index is 1.14. The molecule has 0 saturated heterocycles. The zero-order chi connectivity index (χ0) is 5.54. The molecule has 8 radical (unpaired) electrons. The zero-order valence-electron chi connectivity index (χ0n) is 4.33. The molecule has 0 spiro atoms. The molecule has 0 N–H and O–H groups in total. The van der Waals surface area contributed by atoms with E-state index in [0.717, 1.165) is 21.6 Å². The molecule has 0 atom stereocenters. The van der Waals surface area contributed by atoms with Crippen molar-refractivity contribution in [2.45, 2.75) is 24.2 Å². The molecule has 0 aliphatic heterocycles. The van der Waals surface area contributed by atoms with Crippen LogP contribution in [0.25, 0.3) is 0 Å². The monoisotopic (exact) mass is 140 g/mol. The number of hydrogen-bond acceptors (Lipinski definition) is 0. The van der Waals surface area contributed by atoms with E-state index in [1.54, 1.807) is 0 Å². The highest BCUT2D eigenvalue weighted by molar-refractivity contribution is 6.38. The van der Waals surface area contributed by atoms with Gasteiger partial charge in [-0.05, 0) is 0 Å². The lowest BCUT2D eigenvalue weighted by molar-refractivity contribution is 1.35. The first-order valence-corrected chi connectivity index (χ1v) is 5.24. The third kappa shape index (κ3) is 6.65. The summed E-state index contributed by atoms with van der Waals surface area (Å²) in [5.41, 5.74) is 0. The number of hydrogen-bond donors (Lipinski definition) is 0. The Bertz CT molecular complexity index is 26.1. The molecule has 36 valence electrons. The SMILES string of the molecule is [Si]CC[Si]CC[Si]. The van der Waals surface area contributed by atoms with Gasteiger partial charge in [-0.25, -0.2) is 0 Å². The van der Waals surface area contributed by atoms with Crippen molar-refractivity contribution in [1.29, 1.82) is 0 Å². The van der Waals surface area contributed by atoms with Gasteiger partial charge >= 0.3 is 0 Å². The molecule has 0 aliphatic carbocycles. The maximum atomic E-state index is 3.41. The first-order valence-electron chi connectivity index (χ1n) is 2.41. The molecule has 0 nitrogen and oxygen atoms in total. The van der Waals surface area contributed by atoms with E-state index in [1.807, 2.05) is 0 Å². The second kappa shape index (κ2) is 6.65. The third-order valence-electron chi connectivity index (χ3n) is 0.604. The lowest BCUT2D eigenvalue weighted by Gasteiger charge is -1.88. The quantitative estimate of drug-likeness (QED) is 0.398. The highest BCUT2D eigenvalue weighted by atomic mass is 28.2. The summed E-state index contributed by atoms with van der Waals surface area (Å²) in [6, 6.07) is 4.98. The summed E-state index contributed by atoms with van der Waals surface area (Å²) in [6.45, 7) is 0. The van der Waals surface area contributed by atoms with Crippen LogP contribution in [0.3, 0.4) is 0 Å². The molecular weight excluding hydrogens is 132 g/mol. The minimum Gasteiger partial charge on any atom is -0.0666 e. The Morgan fingerprint density at radius 1 is 1.00 bits per heavy atom. The Labute approximate surface area is 54.8 Å². The molecule has 0 fully saturated rings. The molecule has 0 aromatic rings. The van der Waals surface area contributed by atoms with Crippen molar-refractivity contribution in [3.63, 3.8) is 0 Å². The Hall–Kier alpha value is 0.651. The largest absolute Gasteiger partial charge is 0.0666 e. The van der Waals surface area contributed by atoms with Crippen LogP contribution in [0.2, 0.25) is 24.2 Å². The van der Waals surface area contributed by atoms with E-state index in [2.05, 4.69) is 20.5 Å². The highest BCUT2D eigenvalue weighted by Crippen LogP contribution is 1.90. The van der Waals surface area contributed by atoms with Crippen molar-refractivity contribution < 1.29 is 0 Å². The second-order valence-electron chi connectivity index (χ2n) is 1.25. The van der Waals surface area contributed by atoms with Crippen LogP contribution in [0.4, 0.5) is 0 Å². The van der Waals surface area contributed by atoms with Crippen molar-refractivity contribution in [1.82, 2.24) is 0 Å². The van der Waals surface area contributed by atoms with Gasteiger partial charge in [0, 0.05) is 30.0 Å². The second-order valence-corrected chi connectivity index (χ2v) is 3.75. The summed E-state index contributed by atoms with van der Waals surface area (Å²) in [5, 5.41) is 0. The van der Waals surface area contributed by atoms with E-state index in [4.69, 9.17) is 0 Å². The molecule has 0 aromatic carbocycles. The summed E-state index contributed by atoms with van der Waals surface area (Å²) in [6.07, 6.45) is 0. The molecule has 7 heavy (non-hydrogen) atoms. The molecule has 0 aromatic heterocycles. The van der Waals surface area contributed by atoms with Gasteiger partial charge in [-0.3, -0.25) is 0 Å². The molecule has 0 amide bonds. The standard InChI is InChI=1S/C4H8Si3/c5-1-3-7-4-2-6/h1-4H2. The molecule has 0 rings (SSSR count). The van der Waals surface area contributed by atoms with Gasteiger partial charge in [-0.2, -0.15) is 0 Å². The lowest BCUT2D eigenvalue weighted by Crippen LogP contribution is -1.86. The summed E-state index contributed by atoms with van der Waals surface area (Å²) in [4.78, 5) is 0. The molecule has 0 aliphatic rings. The van der Waals surface area contributed by atoms with Gasteiger partial charge in [-0.1, -0.05) is 24.2 Å². The van der Waals surface area contributed by atoms with Crippen LogP contribution in [0.1, 0.15) is 0 Å². The first kappa shape index (κ1) is 7.65. The third-order valence-corrected chi connectivity index (χ3v) is 3.31. The fourth-order valence-electron chi connectivity index (χ4n) is 0.302. The predicted molar refractivity (Wildman–Crippen MR) is 36.5 cm³/mol. The van der Waals surface area contributed by atoms with E-state index in [1.165, 1.54) is 12.1 Å². The average Bonchev–Trinajstić information content (AvgIpc) is 1.69. The van der Waals surface area contributed by atoms with E-state index < -0.39 is 0 Å². The average molecular weight is 140 g/mol. The number of rotatable bonds is 4. The van der Waals surface area contributed by atoms with Crippen LogP contribution in [-0.2, 0) is 0 Å². The van der Waals surface area contributed by atoms with Gasteiger partial charge in [0.25, 0.3) is 0 Å².